The molecule has 2 nitrogen and oxygen atoms in total. The molecular formula is C19H20N2. The van der Waals surface area contributed by atoms with Gasteiger partial charge in [-0.1, -0.05) is 48.5 Å². The standard InChI is InChI=1S/C19H20N2/c1-14(20-2)17-8-5-6-15(12-17)13-18-11-10-16-7-3-4-9-19(16)21-18/h3-12,14,20H,13H2,1-2H3. The number of nitrogens with one attached hydrogen (secondary N) is 1. The molecule has 3 aromatic rings. The zero-order valence-electron chi connectivity index (χ0n) is 12.5. The Hall–Kier alpha value is -2.19. The fraction of sp³-hybridized carbons (Fsp3) is 0.211. The van der Waals surface area contributed by atoms with Gasteiger partial charge in [-0.05, 0) is 37.2 Å². The molecule has 0 bridgehead atoms. The molecule has 1 atom stereocenters. The minimum Gasteiger partial charge on any atom is -0.313 e. The van der Waals surface area contributed by atoms with Gasteiger partial charge in [0.15, 0.2) is 0 Å². The molecular weight excluding hydrogens is 256 g/mol. The van der Waals surface area contributed by atoms with E-state index >= 15 is 0 Å². The normalized spacial score (nSPS) is 12.5. The van der Waals surface area contributed by atoms with Crippen molar-refractivity contribution >= 4 is 10.9 Å². The van der Waals surface area contributed by atoms with Gasteiger partial charge >= 0.3 is 0 Å². The number of benzene rings is 2. The number of hydrogen-bond donors (Lipinski definition) is 1. The summed E-state index contributed by atoms with van der Waals surface area (Å²) in [6.45, 7) is 2.17. The Morgan fingerprint density at radius 2 is 1.86 bits per heavy atom. The van der Waals surface area contributed by atoms with Crippen LogP contribution in [0.5, 0.6) is 0 Å². The lowest BCUT2D eigenvalue weighted by Crippen LogP contribution is -2.12. The molecule has 0 aliphatic heterocycles. The zero-order chi connectivity index (χ0) is 14.7. The Kier molecular flexibility index (Phi) is 3.98. The van der Waals surface area contributed by atoms with Crippen LogP contribution in [0, 0.1) is 0 Å². The summed E-state index contributed by atoms with van der Waals surface area (Å²) in [7, 11) is 1.99. The van der Waals surface area contributed by atoms with Gasteiger partial charge in [0.25, 0.3) is 0 Å². The van der Waals surface area contributed by atoms with Crippen LogP contribution in [0.3, 0.4) is 0 Å². The number of aromatic nitrogens is 1. The molecule has 3 rings (SSSR count). The topological polar surface area (TPSA) is 24.9 Å². The van der Waals surface area contributed by atoms with E-state index in [1.54, 1.807) is 0 Å². The molecule has 1 aromatic heterocycles. The van der Waals surface area contributed by atoms with Crippen molar-refractivity contribution in [1.29, 1.82) is 0 Å². The monoisotopic (exact) mass is 276 g/mol. The second-order valence-electron chi connectivity index (χ2n) is 5.43. The van der Waals surface area contributed by atoms with Crippen molar-refractivity contribution in [3.63, 3.8) is 0 Å². The molecule has 1 N–H and O–H groups in total. The second kappa shape index (κ2) is 6.06. The average Bonchev–Trinajstić information content (AvgIpc) is 2.54. The molecule has 1 unspecified atom stereocenters. The smallest absolute Gasteiger partial charge is 0.0705 e. The third kappa shape index (κ3) is 3.11. The van der Waals surface area contributed by atoms with Crippen LogP contribution in [-0.4, -0.2) is 12.0 Å². The molecule has 21 heavy (non-hydrogen) atoms. The van der Waals surface area contributed by atoms with E-state index in [1.165, 1.54) is 16.5 Å². The van der Waals surface area contributed by atoms with E-state index in [2.05, 4.69) is 60.8 Å². The van der Waals surface area contributed by atoms with E-state index in [1.807, 2.05) is 19.2 Å². The molecule has 2 aromatic carbocycles. The fourth-order valence-electron chi connectivity index (χ4n) is 2.55. The summed E-state index contributed by atoms with van der Waals surface area (Å²) in [5.41, 5.74) is 4.80. The van der Waals surface area contributed by atoms with Gasteiger partial charge < -0.3 is 5.32 Å². The Morgan fingerprint density at radius 3 is 2.71 bits per heavy atom. The van der Waals surface area contributed by atoms with Crippen LogP contribution in [0.2, 0.25) is 0 Å². The number of pyridine rings is 1. The van der Waals surface area contributed by atoms with Crippen molar-refractivity contribution in [2.75, 3.05) is 7.05 Å². The molecule has 106 valence electrons. The molecule has 0 aliphatic rings. The molecule has 1 heterocycles. The van der Waals surface area contributed by atoms with Crippen molar-refractivity contribution in [2.24, 2.45) is 0 Å². The van der Waals surface area contributed by atoms with E-state index in [4.69, 9.17) is 4.98 Å². The molecule has 0 saturated heterocycles. The Balaban J connectivity index is 1.87. The summed E-state index contributed by atoms with van der Waals surface area (Å²) in [5.74, 6) is 0. The van der Waals surface area contributed by atoms with Crippen molar-refractivity contribution in [1.82, 2.24) is 10.3 Å². The maximum atomic E-state index is 4.75. The average molecular weight is 276 g/mol. The Bertz CT molecular complexity index is 749. The first-order chi connectivity index (χ1) is 10.3. The lowest BCUT2D eigenvalue weighted by molar-refractivity contribution is 0.651. The van der Waals surface area contributed by atoms with E-state index in [-0.39, 0.29) is 0 Å². The molecule has 0 spiro atoms. The van der Waals surface area contributed by atoms with Crippen LogP contribution in [0.4, 0.5) is 0 Å². The highest BCUT2D eigenvalue weighted by atomic mass is 14.8. The van der Waals surface area contributed by atoms with Crippen LogP contribution in [0.15, 0.2) is 60.7 Å². The minimum atomic E-state index is 0.370. The van der Waals surface area contributed by atoms with Gasteiger partial charge in [0.1, 0.15) is 0 Å². The molecule has 0 saturated carbocycles. The van der Waals surface area contributed by atoms with Crippen LogP contribution in [0.25, 0.3) is 10.9 Å². The number of nitrogens with zero attached hydrogens (tertiary/aromatic N) is 1. The molecule has 0 aliphatic carbocycles. The maximum absolute atomic E-state index is 4.75. The zero-order valence-corrected chi connectivity index (χ0v) is 12.5. The summed E-state index contributed by atoms with van der Waals surface area (Å²) in [5, 5.41) is 4.47. The van der Waals surface area contributed by atoms with Gasteiger partial charge in [-0.15, -0.1) is 0 Å². The lowest BCUT2D eigenvalue weighted by Gasteiger charge is -2.12. The first kappa shape index (κ1) is 13.8. The first-order valence-corrected chi connectivity index (χ1v) is 7.37. The van der Waals surface area contributed by atoms with Crippen molar-refractivity contribution in [2.45, 2.75) is 19.4 Å². The SMILES string of the molecule is CNC(C)c1cccc(Cc2ccc3ccccc3n2)c1. The van der Waals surface area contributed by atoms with Crippen LogP contribution in [-0.2, 0) is 6.42 Å². The van der Waals surface area contributed by atoms with E-state index in [0.29, 0.717) is 6.04 Å². The summed E-state index contributed by atoms with van der Waals surface area (Å²) >= 11 is 0. The lowest BCUT2D eigenvalue weighted by atomic mass is 10.0. The fourth-order valence-corrected chi connectivity index (χ4v) is 2.55. The number of hydrogen-bond acceptors (Lipinski definition) is 2. The van der Waals surface area contributed by atoms with Gasteiger partial charge in [-0.3, -0.25) is 4.98 Å². The number of fused-ring (bicyclic) bond motifs is 1. The predicted molar refractivity (Wildman–Crippen MR) is 88.5 cm³/mol. The summed E-state index contributed by atoms with van der Waals surface area (Å²) in [6.07, 6.45) is 0.870. The van der Waals surface area contributed by atoms with Crippen LogP contribution < -0.4 is 5.32 Å². The maximum Gasteiger partial charge on any atom is 0.0705 e. The van der Waals surface area contributed by atoms with E-state index < -0.39 is 0 Å². The van der Waals surface area contributed by atoms with Crippen molar-refractivity contribution < 1.29 is 0 Å². The molecule has 0 fully saturated rings. The van der Waals surface area contributed by atoms with Crippen molar-refractivity contribution in [3.05, 3.63) is 77.5 Å². The highest BCUT2D eigenvalue weighted by Gasteiger charge is 2.05. The Labute approximate surface area is 125 Å². The quantitative estimate of drug-likeness (QED) is 0.776. The number of para-hydroxylation sites is 1. The van der Waals surface area contributed by atoms with Crippen LogP contribution in [0.1, 0.15) is 29.8 Å². The first-order valence-electron chi connectivity index (χ1n) is 7.37. The third-order valence-corrected chi connectivity index (χ3v) is 3.93. The molecule has 2 heteroatoms. The third-order valence-electron chi connectivity index (χ3n) is 3.93. The van der Waals surface area contributed by atoms with Gasteiger partial charge in [-0.25, -0.2) is 0 Å². The summed E-state index contributed by atoms with van der Waals surface area (Å²) in [4.78, 5) is 4.75. The minimum absolute atomic E-state index is 0.370. The van der Waals surface area contributed by atoms with E-state index in [9.17, 15) is 0 Å². The highest BCUT2D eigenvalue weighted by molar-refractivity contribution is 5.78. The summed E-state index contributed by atoms with van der Waals surface area (Å²) < 4.78 is 0. The van der Waals surface area contributed by atoms with Gasteiger partial charge in [0.2, 0.25) is 0 Å². The summed E-state index contributed by atoms with van der Waals surface area (Å²) in [6, 6.07) is 21.6. The van der Waals surface area contributed by atoms with Crippen LogP contribution >= 0.6 is 0 Å². The molecule has 0 radical (unpaired) electrons. The van der Waals surface area contributed by atoms with Gasteiger partial charge in [-0.2, -0.15) is 0 Å². The molecule has 0 amide bonds. The van der Waals surface area contributed by atoms with Gasteiger partial charge in [0.05, 0.1) is 5.52 Å². The van der Waals surface area contributed by atoms with E-state index in [0.717, 1.165) is 17.6 Å². The number of rotatable bonds is 4. The van der Waals surface area contributed by atoms with Crippen molar-refractivity contribution in [3.8, 4) is 0 Å². The highest BCUT2D eigenvalue weighted by Crippen LogP contribution is 2.17. The van der Waals surface area contributed by atoms with Gasteiger partial charge in [0, 0.05) is 23.5 Å². The second-order valence-corrected chi connectivity index (χ2v) is 5.43. The Morgan fingerprint density at radius 1 is 1.00 bits per heavy atom. The largest absolute Gasteiger partial charge is 0.313 e. The predicted octanol–water partition coefficient (Wildman–Crippen LogP) is 4.11.